The van der Waals surface area contributed by atoms with Crippen molar-refractivity contribution >= 4 is 52.5 Å². The molecule has 0 spiro atoms. The smallest absolute Gasteiger partial charge is 0.326 e. The predicted molar refractivity (Wildman–Crippen MR) is 105 cm³/mol. The van der Waals surface area contributed by atoms with Crippen LogP contribution in [-0.2, 0) is 19.1 Å². The van der Waals surface area contributed by atoms with Crippen molar-refractivity contribution in [3.05, 3.63) is 53.1 Å². The summed E-state index contributed by atoms with van der Waals surface area (Å²) in [5.74, 6) is -1.04. The molecule has 1 aliphatic rings. The summed E-state index contributed by atoms with van der Waals surface area (Å²) in [6.45, 7) is 1.18. The van der Waals surface area contributed by atoms with Gasteiger partial charge in [-0.1, -0.05) is 29.8 Å². The van der Waals surface area contributed by atoms with Crippen molar-refractivity contribution in [3.63, 3.8) is 0 Å². The Morgan fingerprint density at radius 1 is 1.26 bits per heavy atom. The van der Waals surface area contributed by atoms with Crippen LogP contribution in [0.3, 0.4) is 0 Å². The van der Waals surface area contributed by atoms with Gasteiger partial charge in [-0.15, -0.1) is 11.8 Å². The van der Waals surface area contributed by atoms with Gasteiger partial charge in [-0.05, 0) is 36.8 Å². The Hall–Kier alpha value is -2.51. The number of hydrogen-bond acceptors (Lipinski definition) is 5. The molecular formula is C19H17ClN2O4S. The molecule has 0 saturated heterocycles. The highest BCUT2D eigenvalue weighted by atomic mass is 35.5. The number of rotatable bonds is 5. The SMILES string of the molecule is Cc1ccc(NC(=O)COC(=O)CN2C(=O)CSc3ccccc32)cc1Cl. The van der Waals surface area contributed by atoms with Crippen LogP contribution in [0.4, 0.5) is 11.4 Å². The van der Waals surface area contributed by atoms with Crippen LogP contribution in [0.1, 0.15) is 5.56 Å². The minimum Gasteiger partial charge on any atom is -0.454 e. The lowest BCUT2D eigenvalue weighted by atomic mass is 10.2. The zero-order valence-electron chi connectivity index (χ0n) is 14.5. The van der Waals surface area contributed by atoms with E-state index in [4.69, 9.17) is 16.3 Å². The lowest BCUT2D eigenvalue weighted by molar-refractivity contribution is -0.146. The Labute approximate surface area is 165 Å². The molecule has 2 aromatic rings. The molecule has 1 N–H and O–H groups in total. The van der Waals surface area contributed by atoms with E-state index in [-0.39, 0.29) is 18.2 Å². The summed E-state index contributed by atoms with van der Waals surface area (Å²) in [4.78, 5) is 38.5. The number of ether oxygens (including phenoxy) is 1. The molecule has 140 valence electrons. The van der Waals surface area contributed by atoms with Crippen LogP contribution in [0, 0.1) is 6.92 Å². The van der Waals surface area contributed by atoms with Crippen LogP contribution in [0.2, 0.25) is 5.02 Å². The first-order chi connectivity index (χ1) is 12.9. The molecule has 8 heteroatoms. The summed E-state index contributed by atoms with van der Waals surface area (Å²) < 4.78 is 5.01. The third-order valence-electron chi connectivity index (χ3n) is 3.92. The summed E-state index contributed by atoms with van der Waals surface area (Å²) in [6, 6.07) is 12.5. The van der Waals surface area contributed by atoms with E-state index in [9.17, 15) is 14.4 Å². The van der Waals surface area contributed by atoms with Crippen molar-refractivity contribution in [3.8, 4) is 0 Å². The number of halogens is 1. The first-order valence-electron chi connectivity index (χ1n) is 8.18. The molecule has 0 radical (unpaired) electrons. The molecule has 1 heterocycles. The number of carbonyl (C=O) groups excluding carboxylic acids is 3. The fraction of sp³-hybridized carbons (Fsp3) is 0.211. The van der Waals surface area contributed by atoms with E-state index in [1.54, 1.807) is 30.3 Å². The van der Waals surface area contributed by atoms with Gasteiger partial charge < -0.3 is 10.1 Å². The third kappa shape index (κ3) is 4.81. The Morgan fingerprint density at radius 3 is 2.81 bits per heavy atom. The molecule has 0 bridgehead atoms. The number of thioether (sulfide) groups is 1. The maximum atomic E-state index is 12.1. The second kappa shape index (κ2) is 8.45. The monoisotopic (exact) mass is 404 g/mol. The number of hydrogen-bond donors (Lipinski definition) is 1. The van der Waals surface area contributed by atoms with Crippen LogP contribution in [0.25, 0.3) is 0 Å². The van der Waals surface area contributed by atoms with Crippen LogP contribution >= 0.6 is 23.4 Å². The van der Waals surface area contributed by atoms with Crippen LogP contribution in [0.5, 0.6) is 0 Å². The number of carbonyl (C=O) groups is 3. The lowest BCUT2D eigenvalue weighted by Gasteiger charge is -2.27. The number of para-hydroxylation sites is 1. The standard InChI is InChI=1S/C19H17ClN2O4S/c1-12-6-7-13(8-14(12)20)21-17(23)10-26-19(25)9-22-15-4-2-3-5-16(15)27-11-18(22)24/h2-8H,9-11H2,1H3,(H,21,23). The third-order valence-corrected chi connectivity index (χ3v) is 5.37. The van der Waals surface area contributed by atoms with Gasteiger partial charge in [0.1, 0.15) is 6.54 Å². The fourth-order valence-electron chi connectivity index (χ4n) is 2.52. The van der Waals surface area contributed by atoms with Crippen LogP contribution in [-0.4, -0.2) is 36.7 Å². The van der Waals surface area contributed by atoms with Crippen molar-refractivity contribution in [2.75, 3.05) is 29.1 Å². The predicted octanol–water partition coefficient (Wildman–Crippen LogP) is 3.27. The molecule has 0 atom stereocenters. The highest BCUT2D eigenvalue weighted by Gasteiger charge is 2.26. The van der Waals surface area contributed by atoms with Gasteiger partial charge in [-0.3, -0.25) is 19.3 Å². The number of nitrogens with zero attached hydrogens (tertiary/aromatic N) is 1. The molecule has 27 heavy (non-hydrogen) atoms. The van der Waals surface area contributed by atoms with E-state index < -0.39 is 18.5 Å². The molecule has 6 nitrogen and oxygen atoms in total. The van der Waals surface area contributed by atoms with Gasteiger partial charge in [0, 0.05) is 15.6 Å². The van der Waals surface area contributed by atoms with Crippen molar-refractivity contribution in [1.29, 1.82) is 0 Å². The quantitative estimate of drug-likeness (QED) is 0.774. The Morgan fingerprint density at radius 2 is 2.04 bits per heavy atom. The summed E-state index contributed by atoms with van der Waals surface area (Å²) in [5.41, 5.74) is 2.09. The number of benzene rings is 2. The second-order valence-corrected chi connectivity index (χ2v) is 7.33. The second-order valence-electron chi connectivity index (χ2n) is 5.91. The minimum absolute atomic E-state index is 0.172. The van der Waals surface area contributed by atoms with E-state index in [1.807, 2.05) is 19.1 Å². The van der Waals surface area contributed by atoms with Gasteiger partial charge in [0.15, 0.2) is 6.61 Å². The first kappa shape index (κ1) is 19.3. The maximum absolute atomic E-state index is 12.1. The van der Waals surface area contributed by atoms with Gasteiger partial charge in [0.2, 0.25) is 5.91 Å². The number of anilines is 2. The number of aryl methyl sites for hydroxylation is 1. The van der Waals surface area contributed by atoms with Crippen LogP contribution in [0.15, 0.2) is 47.4 Å². The molecular weight excluding hydrogens is 388 g/mol. The Bertz CT molecular complexity index is 903. The fourth-order valence-corrected chi connectivity index (χ4v) is 3.63. The van der Waals surface area contributed by atoms with E-state index in [1.165, 1.54) is 16.7 Å². The van der Waals surface area contributed by atoms with E-state index >= 15 is 0 Å². The summed E-state index contributed by atoms with van der Waals surface area (Å²) in [7, 11) is 0. The molecule has 0 fully saturated rings. The van der Waals surface area contributed by atoms with Gasteiger partial charge >= 0.3 is 5.97 Å². The largest absolute Gasteiger partial charge is 0.454 e. The maximum Gasteiger partial charge on any atom is 0.326 e. The summed E-state index contributed by atoms with van der Waals surface area (Å²) >= 11 is 7.44. The molecule has 0 unspecified atom stereocenters. The molecule has 0 saturated carbocycles. The van der Waals surface area contributed by atoms with Crippen molar-refractivity contribution in [2.45, 2.75) is 11.8 Å². The van der Waals surface area contributed by atoms with Gasteiger partial charge in [0.25, 0.3) is 5.91 Å². The van der Waals surface area contributed by atoms with Crippen molar-refractivity contribution in [2.24, 2.45) is 0 Å². The Kier molecular flexibility index (Phi) is 6.03. The van der Waals surface area contributed by atoms with Gasteiger partial charge in [-0.2, -0.15) is 0 Å². The highest BCUT2D eigenvalue weighted by molar-refractivity contribution is 8.00. The molecule has 2 aromatic carbocycles. The van der Waals surface area contributed by atoms with E-state index in [0.29, 0.717) is 16.4 Å². The number of amides is 2. The molecule has 3 rings (SSSR count). The zero-order valence-corrected chi connectivity index (χ0v) is 16.1. The number of nitrogens with one attached hydrogen (secondary N) is 1. The topological polar surface area (TPSA) is 75.7 Å². The van der Waals surface area contributed by atoms with Crippen LogP contribution < -0.4 is 10.2 Å². The first-order valence-corrected chi connectivity index (χ1v) is 9.54. The number of esters is 1. The minimum atomic E-state index is -0.651. The average Bonchev–Trinajstić information content (AvgIpc) is 2.65. The average molecular weight is 405 g/mol. The summed E-state index contributed by atoms with van der Waals surface area (Å²) in [5, 5.41) is 3.14. The summed E-state index contributed by atoms with van der Waals surface area (Å²) in [6.07, 6.45) is 0. The van der Waals surface area contributed by atoms with Gasteiger partial charge in [-0.25, -0.2) is 0 Å². The molecule has 0 aromatic heterocycles. The van der Waals surface area contributed by atoms with E-state index in [2.05, 4.69) is 5.32 Å². The zero-order chi connectivity index (χ0) is 19.4. The Balaban J connectivity index is 1.54. The van der Waals surface area contributed by atoms with Crippen molar-refractivity contribution in [1.82, 2.24) is 0 Å². The van der Waals surface area contributed by atoms with Crippen molar-refractivity contribution < 1.29 is 19.1 Å². The molecule has 1 aliphatic heterocycles. The van der Waals surface area contributed by atoms with E-state index in [0.717, 1.165) is 10.5 Å². The normalized spacial score (nSPS) is 13.1. The highest BCUT2D eigenvalue weighted by Crippen LogP contribution is 2.34. The molecule has 2 amide bonds. The number of fused-ring (bicyclic) bond motifs is 1. The molecule has 0 aliphatic carbocycles. The lowest BCUT2D eigenvalue weighted by Crippen LogP contribution is -2.40. The van der Waals surface area contributed by atoms with Gasteiger partial charge in [0.05, 0.1) is 11.4 Å².